The molecule has 0 fully saturated rings. The van der Waals surface area contributed by atoms with Gasteiger partial charge in [0.15, 0.2) is 0 Å². The van der Waals surface area contributed by atoms with Gasteiger partial charge in [0.25, 0.3) is 0 Å². The van der Waals surface area contributed by atoms with Crippen LogP contribution in [0.25, 0.3) is 0 Å². The molecule has 1 rings (SSSR count). The average Bonchev–Trinajstić information content (AvgIpc) is 2.36. The first-order chi connectivity index (χ1) is 8.56. The highest BCUT2D eigenvalue weighted by atomic mass is 31.1. The van der Waals surface area contributed by atoms with Crippen molar-refractivity contribution in [2.75, 3.05) is 6.61 Å². The molecule has 0 aromatic heterocycles. The van der Waals surface area contributed by atoms with Crippen molar-refractivity contribution < 1.29 is 19.0 Å². The van der Waals surface area contributed by atoms with E-state index in [-0.39, 0.29) is 6.61 Å². The molecule has 2 unspecified atom stereocenters. The van der Waals surface area contributed by atoms with Crippen molar-refractivity contribution in [1.29, 1.82) is 0 Å². The van der Waals surface area contributed by atoms with Gasteiger partial charge in [0.2, 0.25) is 5.66 Å². The molecule has 0 aromatic carbocycles. The SMILES string of the molecule is CCOC(=O)C1=C(CC)C([P+](=O)O)C(CC)=CN1. The van der Waals surface area contributed by atoms with Crippen molar-refractivity contribution >= 4 is 14.0 Å². The lowest BCUT2D eigenvalue weighted by atomic mass is 9.96. The summed E-state index contributed by atoms with van der Waals surface area (Å²) in [7, 11) is -2.39. The number of dihydropyridines is 1. The van der Waals surface area contributed by atoms with Gasteiger partial charge in [-0.25, -0.2) is 4.79 Å². The van der Waals surface area contributed by atoms with Crippen molar-refractivity contribution in [3.05, 3.63) is 23.0 Å². The molecule has 5 nitrogen and oxygen atoms in total. The lowest BCUT2D eigenvalue weighted by Gasteiger charge is -2.21. The van der Waals surface area contributed by atoms with Crippen molar-refractivity contribution in [2.45, 2.75) is 39.3 Å². The van der Waals surface area contributed by atoms with E-state index in [0.29, 0.717) is 24.1 Å². The zero-order valence-electron chi connectivity index (χ0n) is 10.9. The molecule has 1 heterocycles. The predicted molar refractivity (Wildman–Crippen MR) is 69.1 cm³/mol. The third-order valence-electron chi connectivity index (χ3n) is 2.89. The van der Waals surface area contributed by atoms with Crippen LogP contribution in [0.2, 0.25) is 0 Å². The Kier molecular flexibility index (Phi) is 5.51. The molecule has 2 N–H and O–H groups in total. The Morgan fingerprint density at radius 2 is 2.11 bits per heavy atom. The molecular weight excluding hydrogens is 253 g/mol. The van der Waals surface area contributed by atoms with Crippen molar-refractivity contribution in [2.24, 2.45) is 0 Å². The first kappa shape index (κ1) is 14.9. The van der Waals surface area contributed by atoms with E-state index in [1.165, 1.54) is 0 Å². The number of ether oxygens (including phenoxy) is 1. The first-order valence-corrected chi connectivity index (χ1v) is 7.35. The van der Waals surface area contributed by atoms with E-state index in [1.54, 1.807) is 13.1 Å². The molecule has 100 valence electrons. The summed E-state index contributed by atoms with van der Waals surface area (Å²) < 4.78 is 16.5. The molecule has 18 heavy (non-hydrogen) atoms. The molecule has 0 aliphatic carbocycles. The van der Waals surface area contributed by atoms with Crippen LogP contribution >= 0.6 is 8.03 Å². The van der Waals surface area contributed by atoms with Gasteiger partial charge in [-0.15, -0.1) is 0 Å². The summed E-state index contributed by atoms with van der Waals surface area (Å²) >= 11 is 0. The van der Waals surface area contributed by atoms with Crippen molar-refractivity contribution in [3.8, 4) is 0 Å². The van der Waals surface area contributed by atoms with E-state index in [2.05, 4.69) is 5.32 Å². The number of rotatable bonds is 5. The Bertz CT molecular complexity index is 414. The molecule has 0 spiro atoms. The summed E-state index contributed by atoms with van der Waals surface area (Å²) in [6, 6.07) is 0. The maximum absolute atomic E-state index is 11.8. The van der Waals surface area contributed by atoms with E-state index in [4.69, 9.17) is 4.74 Å². The minimum absolute atomic E-state index is 0.279. The molecule has 0 radical (unpaired) electrons. The summed E-state index contributed by atoms with van der Waals surface area (Å²) in [5.41, 5.74) is 1.22. The molecule has 1 aliphatic rings. The monoisotopic (exact) mass is 272 g/mol. The fraction of sp³-hybridized carbons (Fsp3) is 0.583. The van der Waals surface area contributed by atoms with E-state index < -0.39 is 19.7 Å². The number of hydrogen-bond donors (Lipinski definition) is 2. The Labute approximate surface area is 108 Å². The number of carbonyl (C=O) groups excluding carboxylic acids is 1. The van der Waals surface area contributed by atoms with Crippen LogP contribution in [-0.4, -0.2) is 23.1 Å². The third-order valence-corrected chi connectivity index (χ3v) is 3.98. The van der Waals surface area contributed by atoms with Gasteiger partial charge in [0.1, 0.15) is 5.70 Å². The molecule has 1 aliphatic heterocycles. The number of esters is 1. The third kappa shape index (κ3) is 2.98. The molecule has 0 bridgehead atoms. The summed E-state index contributed by atoms with van der Waals surface area (Å²) in [5, 5.41) is 2.89. The summed E-state index contributed by atoms with van der Waals surface area (Å²) in [5.74, 6) is -0.470. The van der Waals surface area contributed by atoms with Crippen LogP contribution in [0.1, 0.15) is 33.6 Å². The zero-order valence-corrected chi connectivity index (χ0v) is 11.8. The zero-order chi connectivity index (χ0) is 13.7. The quantitative estimate of drug-likeness (QED) is 0.593. The number of allylic oxidation sites excluding steroid dienone is 2. The summed E-state index contributed by atoms with van der Waals surface area (Å²) in [4.78, 5) is 21.2. The Morgan fingerprint density at radius 1 is 1.44 bits per heavy atom. The van der Waals surface area contributed by atoms with Crippen LogP contribution < -0.4 is 5.32 Å². The summed E-state index contributed by atoms with van der Waals surface area (Å²) in [6.45, 7) is 5.79. The lowest BCUT2D eigenvalue weighted by Crippen LogP contribution is -2.29. The van der Waals surface area contributed by atoms with Gasteiger partial charge in [0.05, 0.1) is 6.61 Å². The highest BCUT2D eigenvalue weighted by molar-refractivity contribution is 7.39. The average molecular weight is 272 g/mol. The first-order valence-electron chi connectivity index (χ1n) is 6.07. The Morgan fingerprint density at radius 3 is 2.56 bits per heavy atom. The van der Waals surface area contributed by atoms with Crippen LogP contribution in [0.3, 0.4) is 0 Å². The molecule has 0 aromatic rings. The molecule has 2 atom stereocenters. The minimum atomic E-state index is -2.39. The summed E-state index contributed by atoms with van der Waals surface area (Å²) in [6.07, 6.45) is 2.84. The maximum atomic E-state index is 11.8. The number of nitrogens with one attached hydrogen (secondary N) is 1. The second kappa shape index (κ2) is 6.66. The van der Waals surface area contributed by atoms with Gasteiger partial charge in [-0.05, 0) is 24.3 Å². The second-order valence-electron chi connectivity index (χ2n) is 3.90. The van der Waals surface area contributed by atoms with E-state index in [9.17, 15) is 14.3 Å². The Balaban J connectivity index is 3.15. The fourth-order valence-electron chi connectivity index (χ4n) is 2.03. The van der Waals surface area contributed by atoms with Crippen LogP contribution in [-0.2, 0) is 14.1 Å². The largest absolute Gasteiger partial charge is 0.517 e. The topological polar surface area (TPSA) is 75.6 Å². The van der Waals surface area contributed by atoms with E-state index in [1.807, 2.05) is 13.8 Å². The number of carbonyl (C=O) groups is 1. The van der Waals surface area contributed by atoms with Gasteiger partial charge >= 0.3 is 14.0 Å². The lowest BCUT2D eigenvalue weighted by molar-refractivity contribution is -0.138. The fourth-order valence-corrected chi connectivity index (χ4v) is 3.15. The van der Waals surface area contributed by atoms with Gasteiger partial charge in [-0.2, -0.15) is 4.89 Å². The molecule has 0 amide bonds. The van der Waals surface area contributed by atoms with Gasteiger partial charge in [-0.1, -0.05) is 13.8 Å². The van der Waals surface area contributed by atoms with Gasteiger partial charge in [0, 0.05) is 17.3 Å². The molecule has 0 saturated carbocycles. The van der Waals surface area contributed by atoms with E-state index in [0.717, 1.165) is 5.57 Å². The van der Waals surface area contributed by atoms with Crippen LogP contribution in [0, 0.1) is 0 Å². The second-order valence-corrected chi connectivity index (χ2v) is 5.02. The predicted octanol–water partition coefficient (Wildman–Crippen LogP) is 2.21. The highest BCUT2D eigenvalue weighted by Gasteiger charge is 2.40. The van der Waals surface area contributed by atoms with Gasteiger partial charge < -0.3 is 10.1 Å². The normalized spacial score (nSPS) is 20.1. The smallest absolute Gasteiger partial charge is 0.461 e. The highest BCUT2D eigenvalue weighted by Crippen LogP contribution is 2.40. The van der Waals surface area contributed by atoms with Crippen LogP contribution in [0.5, 0.6) is 0 Å². The van der Waals surface area contributed by atoms with Crippen molar-refractivity contribution in [3.63, 3.8) is 0 Å². The standard InChI is InChI=1S/C12H18NO4P/c1-4-8-7-13-10(12(14)17-6-3)9(5-2)11(8)18(15)16/h7,11,13H,4-6H2,1-3H3/p+1. The van der Waals surface area contributed by atoms with Crippen molar-refractivity contribution in [1.82, 2.24) is 5.32 Å². The van der Waals surface area contributed by atoms with E-state index >= 15 is 0 Å². The van der Waals surface area contributed by atoms with Gasteiger partial charge in [-0.3, -0.25) is 0 Å². The minimum Gasteiger partial charge on any atom is -0.461 e. The molecular formula is C12H19NO4P+. The Hall–Kier alpha value is -1.19. The maximum Gasteiger partial charge on any atom is 0.517 e. The molecule has 0 saturated heterocycles. The number of hydrogen-bond acceptors (Lipinski definition) is 4. The van der Waals surface area contributed by atoms with Crippen LogP contribution in [0.4, 0.5) is 0 Å². The van der Waals surface area contributed by atoms with Crippen LogP contribution in [0.15, 0.2) is 23.0 Å². The molecule has 6 heteroatoms.